The molecule has 1 aromatic rings. The number of halogens is 1. The van der Waals surface area contributed by atoms with E-state index in [2.05, 4.69) is 58.5 Å². The molecule has 1 atom stereocenters. The van der Waals surface area contributed by atoms with Gasteiger partial charge < -0.3 is 20.1 Å². The van der Waals surface area contributed by atoms with Crippen LogP contribution in [0.15, 0.2) is 29.5 Å². The van der Waals surface area contributed by atoms with Crippen LogP contribution in [-0.2, 0) is 6.54 Å². The molecular weight excluding hydrogens is 425 g/mol. The summed E-state index contributed by atoms with van der Waals surface area (Å²) in [4.78, 5) is 7.32. The van der Waals surface area contributed by atoms with Crippen LogP contribution in [0.3, 0.4) is 0 Å². The van der Waals surface area contributed by atoms with Crippen LogP contribution in [0.4, 0.5) is 0 Å². The van der Waals surface area contributed by atoms with Crippen LogP contribution in [0, 0.1) is 5.92 Å². The summed E-state index contributed by atoms with van der Waals surface area (Å²) in [5.74, 6) is 1.82. The van der Waals surface area contributed by atoms with Crippen molar-refractivity contribution in [2.45, 2.75) is 46.1 Å². The Morgan fingerprint density at radius 3 is 2.68 bits per heavy atom. The molecule has 2 rings (SSSR count). The molecule has 2 heterocycles. The van der Waals surface area contributed by atoms with Gasteiger partial charge in [0.15, 0.2) is 5.96 Å². The van der Waals surface area contributed by atoms with Gasteiger partial charge in [0.25, 0.3) is 0 Å². The number of aliphatic imine (C=N–C) groups is 1. The molecule has 1 aliphatic rings. The van der Waals surface area contributed by atoms with E-state index >= 15 is 0 Å². The van der Waals surface area contributed by atoms with Crippen LogP contribution in [0.5, 0.6) is 0 Å². The Balaban J connectivity index is 0.00000312. The van der Waals surface area contributed by atoms with E-state index in [0.29, 0.717) is 0 Å². The van der Waals surface area contributed by atoms with Gasteiger partial charge in [0.1, 0.15) is 0 Å². The lowest BCUT2D eigenvalue weighted by Crippen LogP contribution is -2.39. The highest BCUT2D eigenvalue weighted by molar-refractivity contribution is 14.0. The highest BCUT2D eigenvalue weighted by Gasteiger charge is 2.15. The summed E-state index contributed by atoms with van der Waals surface area (Å²) in [6.07, 6.45) is 9.37. The lowest BCUT2D eigenvalue weighted by molar-refractivity contribution is 0.181. The van der Waals surface area contributed by atoms with Gasteiger partial charge in [0.2, 0.25) is 0 Å². The summed E-state index contributed by atoms with van der Waals surface area (Å²) >= 11 is 0. The molecule has 0 bridgehead atoms. The van der Waals surface area contributed by atoms with Gasteiger partial charge in [-0.05, 0) is 63.7 Å². The number of likely N-dealkylation sites (tertiary alicyclic amines) is 1. The number of aromatic nitrogens is 1. The Labute approximate surface area is 170 Å². The standard InChI is InChI=1S/C19H35N5.HI/c1-3-20-19(22-11-16-23-12-6-7-13-23)21-10-4-5-14-24-15-8-9-18(2)17-24;/h6-7,12-13,18H,3-5,8-11,14-17H2,1-2H3,(H2,20,21,22);1H. The summed E-state index contributed by atoms with van der Waals surface area (Å²) in [6.45, 7) is 12.0. The summed E-state index contributed by atoms with van der Waals surface area (Å²) in [6, 6.07) is 4.12. The smallest absolute Gasteiger partial charge is 0.191 e. The van der Waals surface area contributed by atoms with Crippen molar-refractivity contribution >= 4 is 29.9 Å². The number of guanidine groups is 1. The van der Waals surface area contributed by atoms with Crippen molar-refractivity contribution in [1.29, 1.82) is 0 Å². The van der Waals surface area contributed by atoms with Crippen molar-refractivity contribution in [3.8, 4) is 0 Å². The lowest BCUT2D eigenvalue weighted by Gasteiger charge is -2.30. The van der Waals surface area contributed by atoms with E-state index in [0.717, 1.165) is 38.1 Å². The average Bonchev–Trinajstić information content (AvgIpc) is 3.08. The first-order valence-corrected chi connectivity index (χ1v) is 9.63. The molecule has 0 saturated carbocycles. The largest absolute Gasteiger partial charge is 0.357 e. The predicted molar refractivity (Wildman–Crippen MR) is 118 cm³/mol. The van der Waals surface area contributed by atoms with Crippen LogP contribution >= 0.6 is 24.0 Å². The highest BCUT2D eigenvalue weighted by atomic mass is 127. The third kappa shape index (κ3) is 9.49. The van der Waals surface area contributed by atoms with E-state index in [1.807, 2.05) is 0 Å². The lowest BCUT2D eigenvalue weighted by atomic mass is 10.0. The molecule has 144 valence electrons. The van der Waals surface area contributed by atoms with Crippen molar-refractivity contribution in [1.82, 2.24) is 20.1 Å². The number of piperidine rings is 1. The van der Waals surface area contributed by atoms with Crippen molar-refractivity contribution in [2.24, 2.45) is 10.9 Å². The van der Waals surface area contributed by atoms with Gasteiger partial charge >= 0.3 is 0 Å². The zero-order valence-electron chi connectivity index (χ0n) is 15.9. The van der Waals surface area contributed by atoms with Crippen LogP contribution in [0.2, 0.25) is 0 Å². The van der Waals surface area contributed by atoms with Crippen molar-refractivity contribution < 1.29 is 0 Å². The second kappa shape index (κ2) is 13.4. The minimum Gasteiger partial charge on any atom is -0.357 e. The van der Waals surface area contributed by atoms with Crippen LogP contribution < -0.4 is 10.6 Å². The molecule has 25 heavy (non-hydrogen) atoms. The molecule has 2 N–H and O–H groups in total. The maximum Gasteiger partial charge on any atom is 0.191 e. The van der Waals surface area contributed by atoms with E-state index in [4.69, 9.17) is 4.99 Å². The fourth-order valence-electron chi connectivity index (χ4n) is 3.29. The first kappa shape index (κ1) is 22.3. The van der Waals surface area contributed by atoms with Crippen molar-refractivity contribution in [2.75, 3.05) is 39.3 Å². The normalized spacial score (nSPS) is 18.6. The predicted octanol–water partition coefficient (Wildman–Crippen LogP) is 3.17. The maximum atomic E-state index is 4.70. The molecule has 0 radical (unpaired) electrons. The minimum absolute atomic E-state index is 0. The Morgan fingerprint density at radius 2 is 1.96 bits per heavy atom. The van der Waals surface area contributed by atoms with Gasteiger partial charge in [0, 0.05) is 45.1 Å². The van der Waals surface area contributed by atoms with Gasteiger partial charge in [-0.15, -0.1) is 24.0 Å². The SMILES string of the molecule is CCNC(=NCCCCN1CCCC(C)C1)NCCn1cccc1.I. The Kier molecular flexibility index (Phi) is 12.0. The number of unbranched alkanes of at least 4 members (excludes halogenated alkanes) is 1. The second-order valence-corrected chi connectivity index (χ2v) is 6.86. The minimum atomic E-state index is 0. The number of rotatable bonds is 9. The number of nitrogens with one attached hydrogen (secondary N) is 2. The third-order valence-electron chi connectivity index (χ3n) is 4.57. The molecule has 5 nitrogen and oxygen atoms in total. The first-order valence-electron chi connectivity index (χ1n) is 9.63. The molecule has 0 aromatic carbocycles. The third-order valence-corrected chi connectivity index (χ3v) is 4.57. The van der Waals surface area contributed by atoms with Gasteiger partial charge in [-0.25, -0.2) is 0 Å². The number of hydrogen-bond acceptors (Lipinski definition) is 2. The molecule has 1 saturated heterocycles. The van der Waals surface area contributed by atoms with E-state index in [9.17, 15) is 0 Å². The fourth-order valence-corrected chi connectivity index (χ4v) is 3.29. The molecule has 1 aromatic heterocycles. The summed E-state index contributed by atoms with van der Waals surface area (Å²) in [7, 11) is 0. The molecule has 1 aliphatic heterocycles. The molecule has 0 amide bonds. The van der Waals surface area contributed by atoms with E-state index in [1.165, 1.54) is 45.3 Å². The van der Waals surface area contributed by atoms with E-state index in [1.54, 1.807) is 0 Å². The Hall–Kier alpha value is -0.760. The highest BCUT2D eigenvalue weighted by Crippen LogP contribution is 2.15. The summed E-state index contributed by atoms with van der Waals surface area (Å²) in [5.41, 5.74) is 0. The van der Waals surface area contributed by atoms with Crippen LogP contribution in [-0.4, -0.2) is 54.7 Å². The Morgan fingerprint density at radius 1 is 1.16 bits per heavy atom. The monoisotopic (exact) mass is 461 g/mol. The maximum absolute atomic E-state index is 4.70. The fraction of sp³-hybridized carbons (Fsp3) is 0.737. The van der Waals surface area contributed by atoms with Gasteiger partial charge in [-0.2, -0.15) is 0 Å². The average molecular weight is 461 g/mol. The van der Waals surface area contributed by atoms with E-state index in [-0.39, 0.29) is 24.0 Å². The summed E-state index contributed by atoms with van der Waals surface area (Å²) < 4.78 is 2.18. The quantitative estimate of drug-likeness (QED) is 0.257. The molecule has 1 unspecified atom stereocenters. The topological polar surface area (TPSA) is 44.6 Å². The molecule has 0 spiro atoms. The van der Waals surface area contributed by atoms with Gasteiger partial charge in [0.05, 0.1) is 0 Å². The first-order chi connectivity index (χ1) is 11.8. The van der Waals surface area contributed by atoms with Gasteiger partial charge in [-0.1, -0.05) is 6.92 Å². The zero-order chi connectivity index (χ0) is 17.0. The number of hydrogen-bond donors (Lipinski definition) is 2. The second-order valence-electron chi connectivity index (χ2n) is 6.86. The van der Waals surface area contributed by atoms with E-state index < -0.39 is 0 Å². The molecule has 1 fully saturated rings. The van der Waals surface area contributed by atoms with Crippen LogP contribution in [0.1, 0.15) is 39.5 Å². The van der Waals surface area contributed by atoms with Gasteiger partial charge in [-0.3, -0.25) is 4.99 Å². The van der Waals surface area contributed by atoms with Crippen molar-refractivity contribution in [3.63, 3.8) is 0 Å². The summed E-state index contributed by atoms with van der Waals surface area (Å²) in [5, 5.41) is 6.74. The zero-order valence-corrected chi connectivity index (χ0v) is 18.2. The molecular formula is C19H36IN5. The number of nitrogens with zero attached hydrogens (tertiary/aromatic N) is 3. The Bertz CT molecular complexity index is 460. The molecule has 6 heteroatoms. The van der Waals surface area contributed by atoms with Crippen LogP contribution in [0.25, 0.3) is 0 Å². The van der Waals surface area contributed by atoms with Crippen molar-refractivity contribution in [3.05, 3.63) is 24.5 Å². The molecule has 0 aliphatic carbocycles.